The average Bonchev–Trinajstić information content (AvgIpc) is 2.14. The van der Waals surface area contributed by atoms with Crippen molar-refractivity contribution in [3.8, 4) is 0 Å². The molecule has 1 heterocycles. The molecule has 0 aliphatic rings. The highest BCUT2D eigenvalue weighted by Crippen LogP contribution is 2.28. The van der Waals surface area contributed by atoms with Crippen LogP contribution in [0.3, 0.4) is 0 Å². The van der Waals surface area contributed by atoms with Crippen LogP contribution < -0.4 is 5.73 Å². The second-order valence-electron chi connectivity index (χ2n) is 3.44. The van der Waals surface area contributed by atoms with E-state index in [0.717, 1.165) is 15.4 Å². The van der Waals surface area contributed by atoms with Crippen molar-refractivity contribution < 1.29 is 0 Å². The molecule has 2 rings (SSSR count). The molecule has 0 saturated heterocycles. The van der Waals surface area contributed by atoms with Gasteiger partial charge in [0.25, 0.3) is 0 Å². The molecule has 3 heteroatoms. The van der Waals surface area contributed by atoms with E-state index >= 15 is 0 Å². The predicted octanol–water partition coefficient (Wildman–Crippen LogP) is 3.20. The molecule has 0 aliphatic carbocycles. The number of nitrogens with zero attached hydrogens (tertiary/aromatic N) is 1. The number of benzene rings is 1. The summed E-state index contributed by atoms with van der Waals surface area (Å²) in [7, 11) is 0. The Morgan fingerprint density at radius 2 is 2.00 bits per heavy atom. The molecule has 0 bridgehead atoms. The van der Waals surface area contributed by atoms with E-state index in [2.05, 4.69) is 34.8 Å². The van der Waals surface area contributed by atoms with Crippen LogP contribution in [0.25, 0.3) is 10.9 Å². The van der Waals surface area contributed by atoms with E-state index in [-0.39, 0.29) is 0 Å². The van der Waals surface area contributed by atoms with Crippen molar-refractivity contribution in [1.82, 2.24) is 4.98 Å². The van der Waals surface area contributed by atoms with E-state index in [4.69, 9.17) is 5.73 Å². The van der Waals surface area contributed by atoms with Crippen LogP contribution in [-0.2, 0) is 0 Å². The summed E-state index contributed by atoms with van der Waals surface area (Å²) >= 11 is 3.56. The number of aryl methyl sites for hydroxylation is 2. The number of hydrogen-bond donors (Lipinski definition) is 1. The van der Waals surface area contributed by atoms with Crippen molar-refractivity contribution >= 4 is 32.7 Å². The molecular weight excluding hydrogens is 240 g/mol. The molecule has 0 saturated carbocycles. The summed E-state index contributed by atoms with van der Waals surface area (Å²) in [5.41, 5.74) is 9.00. The minimum Gasteiger partial charge on any atom is -0.384 e. The van der Waals surface area contributed by atoms with Crippen LogP contribution in [0.2, 0.25) is 0 Å². The Morgan fingerprint density at radius 3 is 2.71 bits per heavy atom. The Morgan fingerprint density at radius 1 is 1.29 bits per heavy atom. The zero-order chi connectivity index (χ0) is 10.3. The number of pyridine rings is 1. The molecular formula is C11H11BrN2. The maximum atomic E-state index is 5.64. The van der Waals surface area contributed by atoms with Crippen LogP contribution in [0.1, 0.15) is 11.1 Å². The first-order chi connectivity index (χ1) is 6.59. The standard InChI is InChI=1S/C11H11BrN2/c1-6-5-9-8(7(2)11(6)12)3-4-10(13)14-9/h3-5H,1-2H3,(H2,13,14). The van der Waals surface area contributed by atoms with Gasteiger partial charge >= 0.3 is 0 Å². The minimum atomic E-state index is 0.568. The van der Waals surface area contributed by atoms with Crippen molar-refractivity contribution in [1.29, 1.82) is 0 Å². The summed E-state index contributed by atoms with van der Waals surface area (Å²) in [6, 6.07) is 5.89. The molecule has 72 valence electrons. The molecule has 2 N–H and O–H groups in total. The largest absolute Gasteiger partial charge is 0.384 e. The van der Waals surface area contributed by atoms with Gasteiger partial charge in [0.1, 0.15) is 5.82 Å². The molecule has 1 aromatic carbocycles. The summed E-state index contributed by atoms with van der Waals surface area (Å²) in [6.07, 6.45) is 0. The molecule has 0 radical (unpaired) electrons. The molecule has 0 amide bonds. The van der Waals surface area contributed by atoms with Gasteiger partial charge in [-0.05, 0) is 43.2 Å². The van der Waals surface area contributed by atoms with E-state index in [1.54, 1.807) is 0 Å². The second-order valence-corrected chi connectivity index (χ2v) is 4.23. The third-order valence-electron chi connectivity index (χ3n) is 2.38. The average molecular weight is 251 g/mol. The van der Waals surface area contributed by atoms with Crippen molar-refractivity contribution in [3.63, 3.8) is 0 Å². The zero-order valence-electron chi connectivity index (χ0n) is 8.13. The normalized spacial score (nSPS) is 10.8. The van der Waals surface area contributed by atoms with Gasteiger partial charge in [-0.2, -0.15) is 0 Å². The summed E-state index contributed by atoms with van der Waals surface area (Å²) < 4.78 is 1.15. The van der Waals surface area contributed by atoms with Gasteiger partial charge in [-0.3, -0.25) is 0 Å². The Labute approximate surface area is 91.3 Å². The van der Waals surface area contributed by atoms with Crippen LogP contribution in [0.15, 0.2) is 22.7 Å². The molecule has 0 fully saturated rings. The Bertz CT molecular complexity index is 506. The zero-order valence-corrected chi connectivity index (χ0v) is 9.72. The lowest BCUT2D eigenvalue weighted by molar-refractivity contribution is 1.33. The van der Waals surface area contributed by atoms with Crippen molar-refractivity contribution in [2.75, 3.05) is 5.73 Å². The maximum absolute atomic E-state index is 5.64. The van der Waals surface area contributed by atoms with Gasteiger partial charge < -0.3 is 5.73 Å². The Hall–Kier alpha value is -1.09. The summed E-state index contributed by atoms with van der Waals surface area (Å²) in [5.74, 6) is 0.568. The number of anilines is 1. The fraction of sp³-hybridized carbons (Fsp3) is 0.182. The van der Waals surface area contributed by atoms with Crippen LogP contribution in [0.5, 0.6) is 0 Å². The number of fused-ring (bicyclic) bond motifs is 1. The van der Waals surface area contributed by atoms with Gasteiger partial charge in [0.2, 0.25) is 0 Å². The minimum absolute atomic E-state index is 0.568. The maximum Gasteiger partial charge on any atom is 0.124 e. The van der Waals surface area contributed by atoms with Gasteiger partial charge in [0, 0.05) is 9.86 Å². The quantitative estimate of drug-likeness (QED) is 0.780. The number of nitrogen functional groups attached to an aromatic ring is 1. The van der Waals surface area contributed by atoms with Crippen LogP contribution in [0.4, 0.5) is 5.82 Å². The lowest BCUT2D eigenvalue weighted by atomic mass is 10.1. The fourth-order valence-corrected chi connectivity index (χ4v) is 1.93. The van der Waals surface area contributed by atoms with Crippen LogP contribution in [0, 0.1) is 13.8 Å². The van der Waals surface area contributed by atoms with Gasteiger partial charge in [-0.15, -0.1) is 0 Å². The topological polar surface area (TPSA) is 38.9 Å². The molecule has 14 heavy (non-hydrogen) atoms. The highest BCUT2D eigenvalue weighted by Gasteiger charge is 2.05. The van der Waals surface area contributed by atoms with E-state index < -0.39 is 0 Å². The highest BCUT2D eigenvalue weighted by atomic mass is 79.9. The number of nitrogens with two attached hydrogens (primary N) is 1. The number of aromatic nitrogens is 1. The lowest BCUT2D eigenvalue weighted by Gasteiger charge is -2.07. The summed E-state index contributed by atoms with van der Waals surface area (Å²) in [4.78, 5) is 4.30. The van der Waals surface area contributed by atoms with Crippen LogP contribution >= 0.6 is 15.9 Å². The molecule has 0 atom stereocenters. The molecule has 2 nitrogen and oxygen atoms in total. The third kappa shape index (κ3) is 1.38. The first-order valence-electron chi connectivity index (χ1n) is 4.41. The number of rotatable bonds is 0. The van der Waals surface area contributed by atoms with Gasteiger partial charge in [-0.25, -0.2) is 4.98 Å². The van der Waals surface area contributed by atoms with E-state index in [1.807, 2.05) is 18.2 Å². The highest BCUT2D eigenvalue weighted by molar-refractivity contribution is 9.10. The predicted molar refractivity (Wildman–Crippen MR) is 63.3 cm³/mol. The Balaban J connectivity index is 2.91. The van der Waals surface area contributed by atoms with E-state index in [0.29, 0.717) is 5.82 Å². The first-order valence-corrected chi connectivity index (χ1v) is 5.21. The van der Waals surface area contributed by atoms with Crippen LogP contribution in [-0.4, -0.2) is 4.98 Å². The molecule has 1 aromatic heterocycles. The van der Waals surface area contributed by atoms with E-state index in [9.17, 15) is 0 Å². The molecule has 2 aromatic rings. The third-order valence-corrected chi connectivity index (χ3v) is 3.60. The van der Waals surface area contributed by atoms with Gasteiger partial charge in [-0.1, -0.05) is 15.9 Å². The molecule has 0 unspecified atom stereocenters. The fourth-order valence-electron chi connectivity index (χ4n) is 1.60. The van der Waals surface area contributed by atoms with Crippen molar-refractivity contribution in [3.05, 3.63) is 33.8 Å². The molecule has 0 spiro atoms. The summed E-state index contributed by atoms with van der Waals surface area (Å²) in [6.45, 7) is 4.14. The van der Waals surface area contributed by atoms with Gasteiger partial charge in [0.15, 0.2) is 0 Å². The SMILES string of the molecule is Cc1cc2nc(N)ccc2c(C)c1Br. The second kappa shape index (κ2) is 3.24. The number of halogens is 1. The summed E-state index contributed by atoms with van der Waals surface area (Å²) in [5, 5.41) is 1.15. The van der Waals surface area contributed by atoms with Crippen molar-refractivity contribution in [2.24, 2.45) is 0 Å². The first kappa shape index (κ1) is 9.46. The Kier molecular flexibility index (Phi) is 2.19. The van der Waals surface area contributed by atoms with Gasteiger partial charge in [0.05, 0.1) is 5.52 Å². The van der Waals surface area contributed by atoms with E-state index in [1.165, 1.54) is 11.1 Å². The monoisotopic (exact) mass is 250 g/mol. The van der Waals surface area contributed by atoms with Crippen molar-refractivity contribution in [2.45, 2.75) is 13.8 Å². The lowest BCUT2D eigenvalue weighted by Crippen LogP contribution is -1.92. The molecule has 0 aliphatic heterocycles. The number of hydrogen-bond acceptors (Lipinski definition) is 2. The smallest absolute Gasteiger partial charge is 0.124 e.